The monoisotopic (exact) mass is 353 g/mol. The van der Waals surface area contributed by atoms with Crippen LogP contribution >= 0.6 is 0 Å². The highest BCUT2D eigenvalue weighted by molar-refractivity contribution is 4.53. The molecular weight excluding hydrogens is 278 g/mol. The van der Waals surface area contributed by atoms with Crippen molar-refractivity contribution in [2.75, 3.05) is 21.1 Å². The minimum atomic E-state index is -5.11. The van der Waals surface area contributed by atoms with E-state index in [1.165, 1.54) is 0 Å². The molecule has 0 rings (SSSR count). The van der Waals surface area contributed by atoms with Crippen molar-refractivity contribution in [3.05, 3.63) is 0 Å². The largest absolute Gasteiger partial charge is 1.00 e. The first kappa shape index (κ1) is 3.19. The predicted octanol–water partition coefficient (Wildman–Crippen LogP) is 3.18. The van der Waals surface area contributed by atoms with E-state index < -0.39 is 107 Å². The number of hydrogen-bond acceptors (Lipinski definition) is 0. The van der Waals surface area contributed by atoms with Gasteiger partial charge in [-0.15, -0.1) is 0 Å². The highest BCUT2D eigenvalue weighted by Crippen LogP contribution is 2.15. The van der Waals surface area contributed by atoms with Crippen LogP contribution in [-0.4, -0.2) is 31.6 Å². The van der Waals surface area contributed by atoms with E-state index in [9.17, 15) is 0 Å². The molecule has 1 atom stereocenters. The van der Waals surface area contributed by atoms with Gasteiger partial charge in [0.05, 0.1) is 28.5 Å². The van der Waals surface area contributed by atoms with Crippen LogP contribution in [0.5, 0.6) is 0 Å². The van der Waals surface area contributed by atoms with Crippen LogP contribution in [0.3, 0.4) is 0 Å². The Morgan fingerprint density at radius 2 is 1.24 bits per heavy atom. The topological polar surface area (TPSA) is 0 Å². The molecule has 0 amide bonds. The Labute approximate surface area is 188 Å². The Kier molecular flexibility index (Phi) is 2.30. The third kappa shape index (κ3) is 16.4. The molecule has 1 unspecified atom stereocenters. The summed E-state index contributed by atoms with van der Waals surface area (Å²) in [5, 5.41) is 0. The molecule has 0 radical (unpaired) electrons. The molecule has 0 aromatic rings. The standard InChI is InChI=1S/C19H42N.ClH/c1-6-7-8-9-10-11-12-13-14-15-16-17-18-19(2)20(3,4)5;/h19H,6-18H2,1-5H3;1H/q+1;/p-1/i1D3,2D3,6D2,7D2,8D2,9D2,10D2,11D2,12D2,13D2,14D2,15D2,16D2,17D2,18D2,19D;. The summed E-state index contributed by atoms with van der Waals surface area (Å²) in [6.45, 7) is -7.96. The van der Waals surface area contributed by atoms with Gasteiger partial charge in [0, 0.05) is 43.9 Å². The summed E-state index contributed by atoms with van der Waals surface area (Å²) in [7, 11) is 2.59. The van der Waals surface area contributed by atoms with Gasteiger partial charge in [0.15, 0.2) is 0 Å². The maximum absolute atomic E-state index is 8.56. The second-order valence-corrected chi connectivity index (χ2v) is 3.99. The Bertz CT molecular complexity index is 1330. The summed E-state index contributed by atoms with van der Waals surface area (Å²) < 4.78 is 265. The zero-order valence-corrected chi connectivity index (χ0v) is 12.6. The minimum absolute atomic E-state index is 0. The number of halogens is 1. The van der Waals surface area contributed by atoms with E-state index in [-0.39, 0.29) is 12.4 Å². The van der Waals surface area contributed by atoms with Gasteiger partial charge in [0.1, 0.15) is 0 Å². The fourth-order valence-electron chi connectivity index (χ4n) is 0.571. The van der Waals surface area contributed by atoms with Crippen molar-refractivity contribution in [3.8, 4) is 0 Å². The summed E-state index contributed by atoms with van der Waals surface area (Å²) in [6, 6.07) is -3.77. The lowest BCUT2D eigenvalue weighted by atomic mass is 10.0. The molecule has 0 bridgehead atoms. The zero-order chi connectivity index (χ0) is 44.5. The molecule has 0 aromatic carbocycles. The van der Waals surface area contributed by atoms with Crippen molar-refractivity contribution in [1.29, 1.82) is 0 Å². The molecule has 2 heteroatoms. The van der Waals surface area contributed by atoms with E-state index in [2.05, 4.69) is 0 Å². The van der Waals surface area contributed by atoms with Crippen LogP contribution in [-0.2, 0) is 0 Å². The number of quaternary nitrogens is 1. The highest BCUT2D eigenvalue weighted by atomic mass is 35.5. The van der Waals surface area contributed by atoms with Crippen LogP contribution in [0.25, 0.3) is 0 Å². The molecular formula is C19H42ClN. The predicted molar refractivity (Wildman–Crippen MR) is 93.2 cm³/mol. The maximum Gasteiger partial charge on any atom is 0.0958 e. The van der Waals surface area contributed by atoms with Gasteiger partial charge in [-0.3, -0.25) is 0 Å². The van der Waals surface area contributed by atoms with Gasteiger partial charge in [0.2, 0.25) is 0 Å². The molecule has 0 aromatic heterocycles. The van der Waals surface area contributed by atoms with Crippen molar-refractivity contribution in [2.24, 2.45) is 0 Å². The van der Waals surface area contributed by atoms with Gasteiger partial charge in [0.25, 0.3) is 0 Å². The molecule has 1 nitrogen and oxygen atoms in total. The number of hydrogen-bond donors (Lipinski definition) is 0. The smallest absolute Gasteiger partial charge is 0.0958 e. The normalized spacial score (nSPS) is 47.9. The van der Waals surface area contributed by atoms with Gasteiger partial charge in [-0.2, -0.15) is 0 Å². The quantitative estimate of drug-likeness (QED) is 0.421. The Balaban J connectivity index is 0. The third-order valence-corrected chi connectivity index (χ3v) is 1.54. The van der Waals surface area contributed by atoms with Gasteiger partial charge in [-0.05, 0) is 19.6 Å². The molecule has 0 N–H and O–H groups in total. The van der Waals surface area contributed by atoms with Crippen LogP contribution in [0.15, 0.2) is 0 Å². The first-order chi connectivity index (χ1) is 22.0. The zero-order valence-electron chi connectivity index (χ0n) is 44.8. The molecule has 0 saturated heterocycles. The lowest BCUT2D eigenvalue weighted by Gasteiger charge is -2.31. The van der Waals surface area contributed by atoms with Gasteiger partial charge in [-0.25, -0.2) is 0 Å². The maximum atomic E-state index is 8.56. The summed E-state index contributed by atoms with van der Waals surface area (Å²) in [5.74, 6) is 0. The fraction of sp³-hybridized carbons (Fsp3) is 1.00. The highest BCUT2D eigenvalue weighted by Gasteiger charge is 2.16. The first-order valence-electron chi connectivity index (χ1n) is 21.8. The summed E-state index contributed by atoms with van der Waals surface area (Å²) >= 11 is 0. The lowest BCUT2D eigenvalue weighted by molar-refractivity contribution is -0.894. The molecule has 0 fully saturated rings. The van der Waals surface area contributed by atoms with Crippen LogP contribution in [0.4, 0.5) is 0 Å². The van der Waals surface area contributed by atoms with Crippen molar-refractivity contribution in [3.63, 3.8) is 0 Å². The van der Waals surface area contributed by atoms with Gasteiger partial charge >= 0.3 is 0 Å². The number of nitrogens with zero attached hydrogens (tertiary/aromatic N) is 1. The van der Waals surface area contributed by atoms with E-state index in [4.69, 9.17) is 45.2 Å². The van der Waals surface area contributed by atoms with Crippen LogP contribution in [0, 0.1) is 0 Å². The fourth-order valence-corrected chi connectivity index (χ4v) is 0.571. The van der Waals surface area contributed by atoms with E-state index in [1.54, 1.807) is 0 Å². The Morgan fingerprint density at radius 1 is 0.810 bits per heavy atom. The lowest BCUT2D eigenvalue weighted by Crippen LogP contribution is -3.00. The second kappa shape index (κ2) is 15.2. The summed E-state index contributed by atoms with van der Waals surface area (Å²) in [5.41, 5.74) is 0. The van der Waals surface area contributed by atoms with Crippen molar-refractivity contribution < 1.29 is 62.1 Å². The molecule has 21 heavy (non-hydrogen) atoms. The summed E-state index contributed by atoms with van der Waals surface area (Å²) in [6.07, 6.45) is -63.3. The molecule has 0 heterocycles. The molecule has 0 aliphatic rings. The molecule has 0 aliphatic carbocycles. The second-order valence-electron chi connectivity index (χ2n) is 3.99. The molecule has 130 valence electrons. The minimum Gasteiger partial charge on any atom is -1.00 e. The van der Waals surface area contributed by atoms with Crippen LogP contribution in [0.2, 0.25) is 0 Å². The Hall–Kier alpha value is 0.250. The SMILES string of the molecule is [2H]C([2H])([2H])C([2H])([2H])C([2H])([2H])C([2H])([2H])C([2H])([2H])C([2H])([2H])C([2H])([2H])C([2H])([2H])C([2H])([2H])C([2H])([2H])C([2H])([2H])C([2H])([2H])C([2H])([2H])C([2H])([2H])C([2H])(C([2H])([2H])[2H])[N+](C)(C)C.[Cl-]. The van der Waals surface area contributed by atoms with E-state index >= 15 is 0 Å². The van der Waals surface area contributed by atoms with E-state index in [0.29, 0.717) is 0 Å². The molecule has 0 spiro atoms. The average molecular weight is 353 g/mol. The Morgan fingerprint density at radius 3 is 1.62 bits per heavy atom. The van der Waals surface area contributed by atoms with Crippen LogP contribution < -0.4 is 12.4 Å². The average Bonchev–Trinajstić information content (AvgIpc) is 2.88. The molecule has 0 saturated carbocycles. The van der Waals surface area contributed by atoms with Crippen LogP contribution in [0.1, 0.15) is 142 Å². The molecule has 0 aliphatic heterocycles. The van der Waals surface area contributed by atoms with E-state index in [1.807, 2.05) is 0 Å². The van der Waals surface area contributed by atoms with Crippen molar-refractivity contribution in [1.82, 2.24) is 0 Å². The van der Waals surface area contributed by atoms with Crippen molar-refractivity contribution >= 4 is 0 Å². The van der Waals surface area contributed by atoms with Crippen molar-refractivity contribution in [2.45, 2.75) is 103 Å². The third-order valence-electron chi connectivity index (χ3n) is 1.54. The summed E-state index contributed by atoms with van der Waals surface area (Å²) in [4.78, 5) is 0. The number of rotatable bonds is 14. The van der Waals surface area contributed by atoms with Gasteiger partial charge < -0.3 is 16.9 Å². The van der Waals surface area contributed by atoms with Gasteiger partial charge in [-0.1, -0.05) is 77.0 Å². The first-order valence-corrected chi connectivity index (χ1v) is 5.32. The van der Waals surface area contributed by atoms with E-state index in [0.717, 1.165) is 21.1 Å².